The van der Waals surface area contributed by atoms with Crippen LogP contribution < -0.4 is 9.80 Å². The number of furan rings is 1. The van der Waals surface area contributed by atoms with Crippen molar-refractivity contribution in [3.05, 3.63) is 47.9 Å². The molecule has 5 nitrogen and oxygen atoms in total. The van der Waals surface area contributed by atoms with E-state index in [9.17, 15) is 0 Å². The highest BCUT2D eigenvalue weighted by atomic mass is 35.5. The molecule has 3 aromatic heterocycles. The summed E-state index contributed by atoms with van der Waals surface area (Å²) in [5, 5.41) is 1.78. The lowest BCUT2D eigenvalue weighted by Crippen LogP contribution is -2.48. The first-order valence-electron chi connectivity index (χ1n) is 8.75. The van der Waals surface area contributed by atoms with Crippen LogP contribution in [0.2, 0.25) is 5.02 Å². The Kier molecular flexibility index (Phi) is 3.55. The summed E-state index contributed by atoms with van der Waals surface area (Å²) in [6.45, 7) is 3.07. The van der Waals surface area contributed by atoms with Crippen LogP contribution in [-0.2, 0) is 0 Å². The molecule has 5 rings (SSSR count). The lowest BCUT2D eigenvalue weighted by Gasteiger charge is -2.39. The highest BCUT2D eigenvalue weighted by Crippen LogP contribution is 2.38. The van der Waals surface area contributed by atoms with E-state index in [1.807, 2.05) is 30.5 Å². The number of fused-ring (bicyclic) bond motifs is 2. The van der Waals surface area contributed by atoms with E-state index in [1.165, 1.54) is 12.8 Å². The zero-order valence-corrected chi connectivity index (χ0v) is 14.6. The van der Waals surface area contributed by atoms with E-state index in [2.05, 4.69) is 19.8 Å². The summed E-state index contributed by atoms with van der Waals surface area (Å²) in [7, 11) is 0. The first kappa shape index (κ1) is 15.0. The van der Waals surface area contributed by atoms with Gasteiger partial charge in [-0.25, -0.2) is 9.97 Å². The van der Waals surface area contributed by atoms with Gasteiger partial charge in [0.1, 0.15) is 17.2 Å². The van der Waals surface area contributed by atoms with Gasteiger partial charge in [0.15, 0.2) is 0 Å². The smallest absolute Gasteiger partial charge is 0.140 e. The van der Waals surface area contributed by atoms with E-state index in [0.29, 0.717) is 17.0 Å². The molecule has 6 heteroatoms. The Morgan fingerprint density at radius 1 is 1.08 bits per heavy atom. The summed E-state index contributed by atoms with van der Waals surface area (Å²) in [5.41, 5.74) is 0.903. The molecule has 3 aromatic rings. The summed E-state index contributed by atoms with van der Waals surface area (Å²) in [4.78, 5) is 14.0. The van der Waals surface area contributed by atoms with Gasteiger partial charge in [-0.05, 0) is 43.0 Å². The van der Waals surface area contributed by atoms with Crippen LogP contribution in [0.1, 0.15) is 12.8 Å². The molecule has 0 amide bonds. The van der Waals surface area contributed by atoms with Crippen molar-refractivity contribution in [2.75, 3.05) is 29.4 Å². The standard InChI is InChI=1S/C19H19ClN4O/c20-14-1-2-18(22-11-14)23-8-4-13-5-9-24(16(13)12-23)19-15-6-10-25-17(15)3-7-21-19/h1-3,6-7,10-11,13,16H,4-5,8-9,12H2. The summed E-state index contributed by atoms with van der Waals surface area (Å²) < 4.78 is 5.56. The number of anilines is 2. The summed E-state index contributed by atoms with van der Waals surface area (Å²) in [6, 6.07) is 8.33. The van der Waals surface area contributed by atoms with Crippen LogP contribution in [0.3, 0.4) is 0 Å². The maximum atomic E-state index is 5.98. The first-order chi connectivity index (χ1) is 12.3. The third-order valence-electron chi connectivity index (χ3n) is 5.53. The van der Waals surface area contributed by atoms with E-state index in [-0.39, 0.29) is 0 Å². The molecule has 2 fully saturated rings. The Labute approximate surface area is 151 Å². The van der Waals surface area contributed by atoms with Crippen molar-refractivity contribution < 1.29 is 4.42 Å². The number of rotatable bonds is 2. The Hall–Kier alpha value is -2.27. The molecule has 0 bridgehead atoms. The molecule has 0 aromatic carbocycles. The number of pyridine rings is 2. The van der Waals surface area contributed by atoms with Gasteiger partial charge in [-0.1, -0.05) is 11.6 Å². The molecule has 0 saturated carbocycles. The summed E-state index contributed by atoms with van der Waals surface area (Å²) in [5.74, 6) is 2.77. The fourth-order valence-corrected chi connectivity index (χ4v) is 4.39. The normalized spacial score (nSPS) is 23.2. The minimum Gasteiger partial charge on any atom is -0.464 e. The van der Waals surface area contributed by atoms with Crippen molar-refractivity contribution in [1.82, 2.24) is 9.97 Å². The molecule has 0 spiro atoms. The number of aromatic nitrogens is 2. The van der Waals surface area contributed by atoms with Crippen LogP contribution in [-0.4, -0.2) is 35.6 Å². The van der Waals surface area contributed by atoms with Gasteiger partial charge < -0.3 is 14.2 Å². The van der Waals surface area contributed by atoms with Gasteiger partial charge in [-0.15, -0.1) is 0 Å². The quantitative estimate of drug-likeness (QED) is 0.696. The molecule has 0 radical (unpaired) electrons. The van der Waals surface area contributed by atoms with E-state index in [1.54, 1.807) is 12.5 Å². The molecule has 0 aliphatic carbocycles. The van der Waals surface area contributed by atoms with Gasteiger partial charge in [-0.2, -0.15) is 0 Å². The Morgan fingerprint density at radius 2 is 2.00 bits per heavy atom. The maximum absolute atomic E-state index is 5.98. The Morgan fingerprint density at radius 3 is 2.88 bits per heavy atom. The number of hydrogen-bond donors (Lipinski definition) is 0. The van der Waals surface area contributed by atoms with Crippen molar-refractivity contribution in [2.45, 2.75) is 18.9 Å². The van der Waals surface area contributed by atoms with Gasteiger partial charge in [0.25, 0.3) is 0 Å². The third kappa shape index (κ3) is 2.54. The zero-order chi connectivity index (χ0) is 16.8. The van der Waals surface area contributed by atoms with Gasteiger partial charge in [0.05, 0.1) is 22.7 Å². The molecule has 0 N–H and O–H groups in total. The Bertz CT molecular complexity index is 894. The molecular formula is C19H19ClN4O. The van der Waals surface area contributed by atoms with Crippen LogP contribution in [0.5, 0.6) is 0 Å². The van der Waals surface area contributed by atoms with Crippen molar-refractivity contribution in [3.63, 3.8) is 0 Å². The molecule has 5 heterocycles. The topological polar surface area (TPSA) is 45.4 Å². The minimum absolute atomic E-state index is 0.458. The zero-order valence-electron chi connectivity index (χ0n) is 13.8. The van der Waals surface area contributed by atoms with Crippen LogP contribution in [0.15, 0.2) is 47.3 Å². The summed E-state index contributed by atoms with van der Waals surface area (Å²) in [6.07, 6.45) is 7.72. The van der Waals surface area contributed by atoms with Crippen LogP contribution in [0.4, 0.5) is 11.6 Å². The average molecular weight is 355 g/mol. The fourth-order valence-electron chi connectivity index (χ4n) is 4.28. The maximum Gasteiger partial charge on any atom is 0.140 e. The molecule has 25 heavy (non-hydrogen) atoms. The highest BCUT2D eigenvalue weighted by molar-refractivity contribution is 6.30. The predicted molar refractivity (Wildman–Crippen MR) is 99.3 cm³/mol. The van der Waals surface area contributed by atoms with E-state index in [4.69, 9.17) is 16.0 Å². The van der Waals surface area contributed by atoms with Crippen molar-refractivity contribution in [3.8, 4) is 0 Å². The van der Waals surface area contributed by atoms with Gasteiger partial charge in [0.2, 0.25) is 0 Å². The largest absolute Gasteiger partial charge is 0.464 e. The van der Waals surface area contributed by atoms with Crippen LogP contribution in [0.25, 0.3) is 11.0 Å². The lowest BCUT2D eigenvalue weighted by atomic mass is 9.92. The molecule has 128 valence electrons. The van der Waals surface area contributed by atoms with Gasteiger partial charge >= 0.3 is 0 Å². The minimum atomic E-state index is 0.458. The third-order valence-corrected chi connectivity index (χ3v) is 5.75. The van der Waals surface area contributed by atoms with E-state index >= 15 is 0 Å². The number of hydrogen-bond acceptors (Lipinski definition) is 5. The first-order valence-corrected chi connectivity index (χ1v) is 9.13. The molecule has 2 atom stereocenters. The monoisotopic (exact) mass is 354 g/mol. The summed E-state index contributed by atoms with van der Waals surface area (Å²) >= 11 is 5.98. The second-order valence-corrected chi connectivity index (χ2v) is 7.28. The predicted octanol–water partition coefficient (Wildman–Crippen LogP) is 3.98. The number of piperidine rings is 1. The second kappa shape index (κ2) is 5.92. The number of halogens is 1. The van der Waals surface area contributed by atoms with Crippen molar-refractivity contribution >= 4 is 34.2 Å². The molecular weight excluding hydrogens is 336 g/mol. The van der Waals surface area contributed by atoms with Gasteiger partial charge in [0, 0.05) is 32.0 Å². The highest BCUT2D eigenvalue weighted by Gasteiger charge is 2.39. The van der Waals surface area contributed by atoms with Crippen molar-refractivity contribution in [1.29, 1.82) is 0 Å². The van der Waals surface area contributed by atoms with E-state index < -0.39 is 0 Å². The Balaban J connectivity index is 1.45. The van der Waals surface area contributed by atoms with Gasteiger partial charge in [-0.3, -0.25) is 0 Å². The second-order valence-electron chi connectivity index (χ2n) is 6.85. The van der Waals surface area contributed by atoms with Crippen molar-refractivity contribution in [2.24, 2.45) is 5.92 Å². The molecule has 2 unspecified atom stereocenters. The van der Waals surface area contributed by atoms with E-state index in [0.717, 1.165) is 42.2 Å². The SMILES string of the molecule is Clc1ccc(N2CCC3CCN(c4nccc5occc45)C3C2)nc1. The van der Waals surface area contributed by atoms with Crippen LogP contribution >= 0.6 is 11.6 Å². The van der Waals surface area contributed by atoms with Crippen LogP contribution in [0, 0.1) is 5.92 Å². The molecule has 2 aliphatic rings. The number of nitrogens with zero attached hydrogens (tertiary/aromatic N) is 4. The lowest BCUT2D eigenvalue weighted by molar-refractivity contribution is 0.389. The molecule has 2 saturated heterocycles. The average Bonchev–Trinajstić information content (AvgIpc) is 3.28. The molecule has 2 aliphatic heterocycles. The fraction of sp³-hybridized carbons (Fsp3) is 0.368.